The van der Waals surface area contributed by atoms with Gasteiger partial charge in [-0.25, -0.2) is 0 Å². The average Bonchev–Trinajstić information content (AvgIpc) is 2.80. The molecule has 0 saturated carbocycles. The lowest BCUT2D eigenvalue weighted by atomic mass is 9.71. The van der Waals surface area contributed by atoms with Gasteiger partial charge in [-0.15, -0.1) is 11.3 Å². The summed E-state index contributed by atoms with van der Waals surface area (Å²) in [5.41, 5.74) is 9.34. The van der Waals surface area contributed by atoms with Crippen molar-refractivity contribution in [3.05, 3.63) is 56.2 Å². The van der Waals surface area contributed by atoms with Crippen LogP contribution in [0.1, 0.15) is 41.7 Å². The molecule has 0 amide bonds. The van der Waals surface area contributed by atoms with Gasteiger partial charge < -0.3 is 5.73 Å². The van der Waals surface area contributed by atoms with Gasteiger partial charge in [-0.3, -0.25) is 0 Å². The summed E-state index contributed by atoms with van der Waals surface area (Å²) in [6.45, 7) is 2.31. The number of benzene rings is 1. The molecule has 0 aliphatic heterocycles. The van der Waals surface area contributed by atoms with Crippen LogP contribution in [0.25, 0.3) is 0 Å². The van der Waals surface area contributed by atoms with Crippen LogP contribution < -0.4 is 5.73 Å². The van der Waals surface area contributed by atoms with Gasteiger partial charge in [0.1, 0.15) is 0 Å². The van der Waals surface area contributed by atoms with E-state index >= 15 is 0 Å². The predicted molar refractivity (Wildman–Crippen MR) is 85.7 cm³/mol. The van der Waals surface area contributed by atoms with Crippen LogP contribution in [0.3, 0.4) is 0 Å². The number of halogens is 1. The zero-order chi connectivity index (χ0) is 13.5. The van der Waals surface area contributed by atoms with Gasteiger partial charge in [-0.05, 0) is 57.3 Å². The van der Waals surface area contributed by atoms with E-state index in [-0.39, 0.29) is 5.54 Å². The Balaban J connectivity index is 2.01. The summed E-state index contributed by atoms with van der Waals surface area (Å²) in [5.74, 6) is 0.625. The summed E-state index contributed by atoms with van der Waals surface area (Å²) < 4.78 is 1.19. The molecule has 2 unspecified atom stereocenters. The van der Waals surface area contributed by atoms with Gasteiger partial charge in [0, 0.05) is 21.3 Å². The number of hydrogen-bond donors (Lipinski definition) is 1. The van der Waals surface area contributed by atoms with Gasteiger partial charge in [0.15, 0.2) is 0 Å². The van der Waals surface area contributed by atoms with Crippen LogP contribution in [-0.2, 0) is 12.0 Å². The van der Waals surface area contributed by atoms with Crippen molar-refractivity contribution in [2.24, 2.45) is 5.73 Å². The van der Waals surface area contributed by atoms with Crippen LogP contribution in [0.15, 0.2) is 40.2 Å². The van der Waals surface area contributed by atoms with E-state index in [0.29, 0.717) is 5.92 Å². The summed E-state index contributed by atoms with van der Waals surface area (Å²) in [4.78, 5) is 1.35. The standard InChI is InChI=1S/C16H18BrNS/c1-11-6-8-16(18,10-15-14(17)7-9-19-15)13-5-3-2-4-12(11)13/h2-5,7,9,11H,6,8,10,18H2,1H3. The molecular formula is C16H18BrNS. The summed E-state index contributed by atoms with van der Waals surface area (Å²) in [7, 11) is 0. The van der Waals surface area contributed by atoms with E-state index in [4.69, 9.17) is 5.73 Å². The molecule has 0 spiro atoms. The average molecular weight is 336 g/mol. The maximum atomic E-state index is 6.78. The van der Waals surface area contributed by atoms with Crippen LogP contribution >= 0.6 is 27.3 Å². The molecule has 2 N–H and O–H groups in total. The van der Waals surface area contributed by atoms with Crippen molar-refractivity contribution in [3.8, 4) is 0 Å². The van der Waals surface area contributed by atoms with Gasteiger partial charge in [0.25, 0.3) is 0 Å². The van der Waals surface area contributed by atoms with Crippen LogP contribution in [-0.4, -0.2) is 0 Å². The molecule has 2 atom stereocenters. The molecule has 3 rings (SSSR count). The Hall–Kier alpha value is -0.640. The van der Waals surface area contributed by atoms with Crippen molar-refractivity contribution in [2.75, 3.05) is 0 Å². The van der Waals surface area contributed by atoms with Gasteiger partial charge in [-0.1, -0.05) is 31.2 Å². The van der Waals surface area contributed by atoms with Crippen molar-refractivity contribution >= 4 is 27.3 Å². The summed E-state index contributed by atoms with van der Waals surface area (Å²) in [6.07, 6.45) is 3.17. The lowest BCUT2D eigenvalue weighted by Gasteiger charge is -2.38. The van der Waals surface area contributed by atoms with Crippen LogP contribution in [0.4, 0.5) is 0 Å². The highest BCUT2D eigenvalue weighted by molar-refractivity contribution is 9.10. The first-order valence-corrected chi connectivity index (χ1v) is 8.37. The van der Waals surface area contributed by atoms with E-state index in [1.807, 2.05) is 0 Å². The first-order chi connectivity index (χ1) is 9.10. The molecule has 0 saturated heterocycles. The molecule has 1 aromatic carbocycles. The van der Waals surface area contributed by atoms with E-state index in [0.717, 1.165) is 12.8 Å². The second kappa shape index (κ2) is 5.04. The molecule has 100 valence electrons. The normalized spacial score (nSPS) is 26.2. The maximum Gasteiger partial charge on any atom is 0.0461 e. The predicted octanol–water partition coefficient (Wildman–Crippen LogP) is 4.80. The highest BCUT2D eigenvalue weighted by Gasteiger charge is 2.35. The number of rotatable bonds is 2. The number of fused-ring (bicyclic) bond motifs is 1. The number of nitrogens with two attached hydrogens (primary N) is 1. The topological polar surface area (TPSA) is 26.0 Å². The molecule has 19 heavy (non-hydrogen) atoms. The molecule has 0 bridgehead atoms. The third kappa shape index (κ3) is 2.39. The molecule has 1 aliphatic carbocycles. The number of thiophene rings is 1. The van der Waals surface area contributed by atoms with Gasteiger partial charge in [0.05, 0.1) is 0 Å². The molecule has 1 aromatic heterocycles. The van der Waals surface area contributed by atoms with E-state index < -0.39 is 0 Å². The Morgan fingerprint density at radius 3 is 2.89 bits per heavy atom. The summed E-state index contributed by atoms with van der Waals surface area (Å²) >= 11 is 5.41. The van der Waals surface area contributed by atoms with Crippen LogP contribution in [0.5, 0.6) is 0 Å². The highest BCUT2D eigenvalue weighted by Crippen LogP contribution is 2.42. The minimum atomic E-state index is -0.212. The molecule has 1 aliphatic rings. The fourth-order valence-electron chi connectivity index (χ4n) is 3.07. The lowest BCUT2D eigenvalue weighted by Crippen LogP contribution is -2.42. The van der Waals surface area contributed by atoms with Gasteiger partial charge in [-0.2, -0.15) is 0 Å². The quantitative estimate of drug-likeness (QED) is 0.837. The van der Waals surface area contributed by atoms with E-state index in [2.05, 4.69) is 58.6 Å². The Kier molecular flexibility index (Phi) is 3.54. The minimum Gasteiger partial charge on any atom is -0.321 e. The van der Waals surface area contributed by atoms with E-state index in [9.17, 15) is 0 Å². The third-order valence-electron chi connectivity index (χ3n) is 4.22. The highest BCUT2D eigenvalue weighted by atomic mass is 79.9. The molecular weight excluding hydrogens is 318 g/mol. The van der Waals surface area contributed by atoms with Crippen LogP contribution in [0, 0.1) is 0 Å². The molecule has 0 fully saturated rings. The summed E-state index contributed by atoms with van der Waals surface area (Å²) in [6, 6.07) is 10.8. The zero-order valence-corrected chi connectivity index (χ0v) is 13.4. The van der Waals surface area contributed by atoms with E-state index in [1.165, 1.54) is 26.9 Å². The second-order valence-corrected chi connectivity index (χ2v) is 7.41. The molecule has 2 aromatic rings. The smallest absolute Gasteiger partial charge is 0.0461 e. The van der Waals surface area contributed by atoms with Crippen molar-refractivity contribution in [1.29, 1.82) is 0 Å². The molecule has 1 heterocycles. The second-order valence-electron chi connectivity index (χ2n) is 5.55. The third-order valence-corrected chi connectivity index (χ3v) is 6.14. The first-order valence-electron chi connectivity index (χ1n) is 6.70. The van der Waals surface area contributed by atoms with E-state index in [1.54, 1.807) is 11.3 Å². The summed E-state index contributed by atoms with van der Waals surface area (Å²) in [5, 5.41) is 2.13. The lowest BCUT2D eigenvalue weighted by molar-refractivity contribution is 0.350. The molecule has 1 nitrogen and oxygen atoms in total. The largest absolute Gasteiger partial charge is 0.321 e. The van der Waals surface area contributed by atoms with Crippen molar-refractivity contribution in [3.63, 3.8) is 0 Å². The minimum absolute atomic E-state index is 0.212. The Labute approximate surface area is 127 Å². The van der Waals surface area contributed by atoms with Crippen molar-refractivity contribution in [2.45, 2.75) is 37.6 Å². The van der Waals surface area contributed by atoms with Gasteiger partial charge in [0.2, 0.25) is 0 Å². The number of hydrogen-bond acceptors (Lipinski definition) is 2. The fraction of sp³-hybridized carbons (Fsp3) is 0.375. The van der Waals surface area contributed by atoms with Crippen molar-refractivity contribution < 1.29 is 0 Å². The zero-order valence-electron chi connectivity index (χ0n) is 11.0. The Morgan fingerprint density at radius 2 is 2.16 bits per heavy atom. The Bertz CT molecular complexity index is 592. The molecule has 0 radical (unpaired) electrons. The molecule has 3 heteroatoms. The first kappa shape index (κ1) is 13.3. The van der Waals surface area contributed by atoms with Gasteiger partial charge >= 0.3 is 0 Å². The van der Waals surface area contributed by atoms with Crippen LogP contribution in [0.2, 0.25) is 0 Å². The van der Waals surface area contributed by atoms with Crippen molar-refractivity contribution in [1.82, 2.24) is 0 Å². The fourth-order valence-corrected chi connectivity index (χ4v) is 4.68. The maximum absolute atomic E-state index is 6.78. The SMILES string of the molecule is CC1CCC(N)(Cc2sccc2Br)c2ccccc21. The monoisotopic (exact) mass is 335 g/mol. The Morgan fingerprint density at radius 1 is 1.37 bits per heavy atom.